The number of carbonyl (C=O) groups excluding carboxylic acids is 4. The minimum Gasteiger partial charge on any atom is -0.466 e. The van der Waals surface area contributed by atoms with Crippen LogP contribution < -0.4 is 10.6 Å². The molecule has 0 radical (unpaired) electrons. The molecular formula is C21H30N2O6. The van der Waals surface area contributed by atoms with Gasteiger partial charge in [-0.05, 0) is 38.7 Å². The zero-order valence-electron chi connectivity index (χ0n) is 17.1. The van der Waals surface area contributed by atoms with Crippen LogP contribution in [0.25, 0.3) is 0 Å². The average Bonchev–Trinajstić information content (AvgIpc) is 2.70. The maximum Gasteiger partial charge on any atom is 0.328 e. The van der Waals surface area contributed by atoms with Gasteiger partial charge in [0.1, 0.15) is 6.04 Å². The van der Waals surface area contributed by atoms with Crippen LogP contribution in [0.3, 0.4) is 0 Å². The molecule has 0 aliphatic heterocycles. The van der Waals surface area contributed by atoms with Crippen LogP contribution in [0.5, 0.6) is 0 Å². The second kappa shape index (κ2) is 14.1. The normalized spacial score (nSPS) is 11.2. The van der Waals surface area contributed by atoms with E-state index in [1.165, 1.54) is 0 Å². The van der Waals surface area contributed by atoms with Gasteiger partial charge in [-0.25, -0.2) is 4.79 Å². The number of hydrogen-bond acceptors (Lipinski definition) is 6. The van der Waals surface area contributed by atoms with E-state index in [0.29, 0.717) is 12.8 Å². The van der Waals surface area contributed by atoms with Gasteiger partial charge in [0.15, 0.2) is 0 Å². The number of benzene rings is 1. The highest BCUT2D eigenvalue weighted by atomic mass is 16.5. The molecule has 160 valence electrons. The summed E-state index contributed by atoms with van der Waals surface area (Å²) in [6.45, 7) is 3.48. The summed E-state index contributed by atoms with van der Waals surface area (Å²) in [7, 11) is 0. The van der Waals surface area contributed by atoms with E-state index in [9.17, 15) is 19.2 Å². The topological polar surface area (TPSA) is 111 Å². The van der Waals surface area contributed by atoms with Gasteiger partial charge in [-0.15, -0.1) is 0 Å². The van der Waals surface area contributed by atoms with Gasteiger partial charge in [0, 0.05) is 12.8 Å². The Morgan fingerprint density at radius 3 is 2.28 bits per heavy atom. The zero-order chi connectivity index (χ0) is 21.5. The number of carbonyl (C=O) groups is 4. The lowest BCUT2D eigenvalue weighted by atomic mass is 10.1. The maximum absolute atomic E-state index is 12.1. The first-order valence-corrected chi connectivity index (χ1v) is 9.88. The first-order valence-electron chi connectivity index (χ1n) is 9.88. The third-order valence-electron chi connectivity index (χ3n) is 4.01. The third-order valence-corrected chi connectivity index (χ3v) is 4.01. The fraction of sp³-hybridized carbons (Fsp3) is 0.524. The van der Waals surface area contributed by atoms with Crippen molar-refractivity contribution in [2.45, 2.75) is 52.0 Å². The van der Waals surface area contributed by atoms with Crippen molar-refractivity contribution in [2.24, 2.45) is 0 Å². The molecule has 1 rings (SSSR count). The summed E-state index contributed by atoms with van der Waals surface area (Å²) < 4.78 is 9.75. The summed E-state index contributed by atoms with van der Waals surface area (Å²) in [4.78, 5) is 47.5. The van der Waals surface area contributed by atoms with E-state index in [1.807, 2.05) is 30.3 Å². The first-order chi connectivity index (χ1) is 14.0. The van der Waals surface area contributed by atoms with Crippen molar-refractivity contribution in [3.05, 3.63) is 35.9 Å². The van der Waals surface area contributed by atoms with Gasteiger partial charge in [-0.1, -0.05) is 30.3 Å². The molecule has 2 amide bonds. The van der Waals surface area contributed by atoms with Crippen molar-refractivity contribution in [1.29, 1.82) is 0 Å². The standard InChI is InChI=1S/C21H30N2O6/c1-3-28-20(26)14-13-17(21(27)29-4-2)23-19(25)15-22-18(24)12-8-11-16-9-6-5-7-10-16/h5-7,9-10,17H,3-4,8,11-15H2,1-2H3,(H,22,24)(H,23,25). The molecule has 0 aromatic heterocycles. The number of nitrogens with one attached hydrogen (secondary N) is 2. The Morgan fingerprint density at radius 2 is 1.62 bits per heavy atom. The molecule has 0 aliphatic carbocycles. The van der Waals surface area contributed by atoms with E-state index in [1.54, 1.807) is 13.8 Å². The quantitative estimate of drug-likeness (QED) is 0.481. The van der Waals surface area contributed by atoms with Crippen molar-refractivity contribution in [1.82, 2.24) is 10.6 Å². The highest BCUT2D eigenvalue weighted by Gasteiger charge is 2.23. The van der Waals surface area contributed by atoms with Crippen LogP contribution in [-0.4, -0.2) is 49.6 Å². The van der Waals surface area contributed by atoms with Crippen LogP contribution in [-0.2, 0) is 35.1 Å². The molecule has 0 saturated heterocycles. The van der Waals surface area contributed by atoms with Gasteiger partial charge >= 0.3 is 11.9 Å². The predicted molar refractivity (Wildman–Crippen MR) is 107 cm³/mol. The summed E-state index contributed by atoms with van der Waals surface area (Å²) in [6, 6.07) is 8.85. The highest BCUT2D eigenvalue weighted by molar-refractivity contribution is 5.88. The van der Waals surface area contributed by atoms with E-state index in [0.717, 1.165) is 12.0 Å². The summed E-state index contributed by atoms with van der Waals surface area (Å²) >= 11 is 0. The Bertz CT molecular complexity index is 662. The molecule has 8 nitrogen and oxygen atoms in total. The molecule has 1 atom stereocenters. The van der Waals surface area contributed by atoms with E-state index in [2.05, 4.69) is 10.6 Å². The average molecular weight is 406 g/mol. The molecule has 1 unspecified atom stereocenters. The first kappa shape index (κ1) is 24.1. The van der Waals surface area contributed by atoms with E-state index in [-0.39, 0.29) is 38.5 Å². The molecule has 0 bridgehead atoms. The van der Waals surface area contributed by atoms with Crippen LogP contribution in [0.1, 0.15) is 45.1 Å². The van der Waals surface area contributed by atoms with E-state index in [4.69, 9.17) is 9.47 Å². The van der Waals surface area contributed by atoms with Crippen LogP contribution in [0.15, 0.2) is 30.3 Å². The summed E-state index contributed by atoms with van der Waals surface area (Å²) in [5.41, 5.74) is 1.15. The Kier molecular flexibility index (Phi) is 11.8. The zero-order valence-corrected chi connectivity index (χ0v) is 17.1. The van der Waals surface area contributed by atoms with Gasteiger partial charge in [-0.2, -0.15) is 0 Å². The van der Waals surface area contributed by atoms with Crippen LogP contribution in [0.2, 0.25) is 0 Å². The fourth-order valence-corrected chi connectivity index (χ4v) is 2.60. The lowest BCUT2D eigenvalue weighted by Gasteiger charge is -2.17. The van der Waals surface area contributed by atoms with Crippen molar-refractivity contribution in [3.63, 3.8) is 0 Å². The minimum atomic E-state index is -0.971. The summed E-state index contributed by atoms with van der Waals surface area (Å²) in [5.74, 6) is -1.85. The fourth-order valence-electron chi connectivity index (χ4n) is 2.60. The Hall–Kier alpha value is -2.90. The third kappa shape index (κ3) is 10.9. The molecule has 0 spiro atoms. The second-order valence-electron chi connectivity index (χ2n) is 6.33. The van der Waals surface area contributed by atoms with Crippen LogP contribution >= 0.6 is 0 Å². The van der Waals surface area contributed by atoms with Gasteiger partial charge in [0.2, 0.25) is 11.8 Å². The number of amides is 2. The van der Waals surface area contributed by atoms with Gasteiger partial charge in [0.05, 0.1) is 19.8 Å². The minimum absolute atomic E-state index is 0.0244. The van der Waals surface area contributed by atoms with Crippen molar-refractivity contribution >= 4 is 23.8 Å². The molecule has 8 heteroatoms. The molecule has 2 N–H and O–H groups in total. The molecule has 1 aromatic rings. The smallest absolute Gasteiger partial charge is 0.328 e. The number of rotatable bonds is 13. The van der Waals surface area contributed by atoms with Crippen molar-refractivity contribution < 1.29 is 28.7 Å². The van der Waals surface area contributed by atoms with E-state index >= 15 is 0 Å². The SMILES string of the molecule is CCOC(=O)CCC(NC(=O)CNC(=O)CCCc1ccccc1)C(=O)OCC. The summed E-state index contributed by atoms with van der Waals surface area (Å²) in [6.07, 6.45) is 1.78. The van der Waals surface area contributed by atoms with Crippen LogP contribution in [0, 0.1) is 0 Å². The number of aryl methyl sites for hydroxylation is 1. The molecule has 1 aromatic carbocycles. The number of ether oxygens (including phenoxy) is 2. The van der Waals surface area contributed by atoms with Crippen molar-refractivity contribution in [3.8, 4) is 0 Å². The van der Waals surface area contributed by atoms with Crippen molar-refractivity contribution in [2.75, 3.05) is 19.8 Å². The monoisotopic (exact) mass is 406 g/mol. The molecule has 0 fully saturated rings. The lowest BCUT2D eigenvalue weighted by Crippen LogP contribution is -2.46. The highest BCUT2D eigenvalue weighted by Crippen LogP contribution is 2.05. The summed E-state index contributed by atoms with van der Waals surface area (Å²) in [5, 5.41) is 5.04. The Morgan fingerprint density at radius 1 is 0.931 bits per heavy atom. The maximum atomic E-state index is 12.1. The number of hydrogen-bond donors (Lipinski definition) is 2. The molecule has 0 aliphatic rings. The predicted octanol–water partition coefficient (Wildman–Crippen LogP) is 1.52. The Labute approximate surface area is 171 Å². The second-order valence-corrected chi connectivity index (χ2v) is 6.33. The van der Waals surface area contributed by atoms with Gasteiger partial charge in [0.25, 0.3) is 0 Å². The lowest BCUT2D eigenvalue weighted by molar-refractivity contribution is -0.148. The molecular weight excluding hydrogens is 376 g/mol. The number of esters is 2. The van der Waals surface area contributed by atoms with Crippen LogP contribution in [0.4, 0.5) is 0 Å². The molecule has 29 heavy (non-hydrogen) atoms. The van der Waals surface area contributed by atoms with Gasteiger partial charge in [-0.3, -0.25) is 14.4 Å². The Balaban J connectivity index is 2.37. The van der Waals surface area contributed by atoms with Gasteiger partial charge < -0.3 is 20.1 Å². The molecule has 0 heterocycles. The van der Waals surface area contributed by atoms with E-state index < -0.39 is 23.9 Å². The largest absolute Gasteiger partial charge is 0.466 e. The molecule has 0 saturated carbocycles.